The summed E-state index contributed by atoms with van der Waals surface area (Å²) in [6.07, 6.45) is 11.2. The molecule has 0 aliphatic heterocycles. The molecule has 1 aromatic rings. The summed E-state index contributed by atoms with van der Waals surface area (Å²) < 4.78 is 25.5. The molecule has 2 saturated carbocycles. The van der Waals surface area contributed by atoms with Gasteiger partial charge in [-0.05, 0) is 70.3 Å². The summed E-state index contributed by atoms with van der Waals surface area (Å²) in [5.74, 6) is -1.67. The third kappa shape index (κ3) is 11.7. The van der Waals surface area contributed by atoms with Crippen LogP contribution < -0.4 is 10.6 Å². The maximum atomic E-state index is 13.9. The van der Waals surface area contributed by atoms with Crippen molar-refractivity contribution in [2.75, 3.05) is 5.75 Å². The number of carbonyl (C=O) groups excluding carboxylic acids is 2. The topological polar surface area (TPSA) is 133 Å². The minimum absolute atomic E-state index is 0.0126. The molecule has 0 heterocycles. The second-order valence-electron chi connectivity index (χ2n) is 14.7. The van der Waals surface area contributed by atoms with Crippen LogP contribution in [0.4, 0.5) is 0 Å². The molecule has 2 aliphatic carbocycles. The number of carbonyl (C=O) groups is 2. The fourth-order valence-electron chi connectivity index (χ4n) is 6.95. The average Bonchev–Trinajstić information content (AvgIpc) is 3.02. The van der Waals surface area contributed by atoms with Crippen LogP contribution in [0.15, 0.2) is 30.3 Å². The van der Waals surface area contributed by atoms with Crippen molar-refractivity contribution in [3.63, 3.8) is 0 Å². The summed E-state index contributed by atoms with van der Waals surface area (Å²) in [6.45, 7) is 6.92. The van der Waals surface area contributed by atoms with Crippen LogP contribution in [0.25, 0.3) is 0 Å². The van der Waals surface area contributed by atoms with Crippen molar-refractivity contribution >= 4 is 21.7 Å². The Bertz CT molecular complexity index is 1140. The SMILES string of the molecule is CCCC[C@H](NC(=O)[C@H](Cc1ccccc1)CS(=O)(=O)C(C)(C)C)C(=O)N[C@@H](CC1CCCCC1)[C@@H](O)[C@@H](O)C1CCCCC1. The van der Waals surface area contributed by atoms with Gasteiger partial charge in [0, 0.05) is 0 Å². The van der Waals surface area contributed by atoms with E-state index in [1.165, 1.54) is 6.42 Å². The van der Waals surface area contributed by atoms with E-state index in [2.05, 4.69) is 10.6 Å². The van der Waals surface area contributed by atoms with Gasteiger partial charge in [-0.25, -0.2) is 8.42 Å². The predicted molar refractivity (Wildman–Crippen MR) is 180 cm³/mol. The van der Waals surface area contributed by atoms with Crippen LogP contribution in [-0.4, -0.2) is 65.2 Å². The van der Waals surface area contributed by atoms with E-state index in [4.69, 9.17) is 0 Å². The molecular formula is C36H60N2O6S. The molecular weight excluding hydrogens is 588 g/mol. The number of unbranched alkanes of at least 4 members (excludes halogenated alkanes) is 1. The van der Waals surface area contributed by atoms with E-state index >= 15 is 0 Å². The Morgan fingerprint density at radius 3 is 2.07 bits per heavy atom. The molecule has 0 spiro atoms. The quantitative estimate of drug-likeness (QED) is 0.187. The fraction of sp³-hybridized carbons (Fsp3) is 0.778. The van der Waals surface area contributed by atoms with Gasteiger partial charge in [0.15, 0.2) is 9.84 Å². The third-order valence-electron chi connectivity index (χ3n) is 10.1. The number of aliphatic hydroxyl groups excluding tert-OH is 2. The van der Waals surface area contributed by atoms with Gasteiger partial charge in [-0.15, -0.1) is 0 Å². The van der Waals surface area contributed by atoms with Gasteiger partial charge >= 0.3 is 0 Å². The van der Waals surface area contributed by atoms with E-state index in [0.717, 1.165) is 69.8 Å². The second-order valence-corrected chi connectivity index (χ2v) is 17.5. The van der Waals surface area contributed by atoms with Crippen molar-refractivity contribution in [3.8, 4) is 0 Å². The summed E-state index contributed by atoms with van der Waals surface area (Å²) in [6, 6.07) is 7.85. The van der Waals surface area contributed by atoms with E-state index in [9.17, 15) is 28.2 Å². The highest BCUT2D eigenvalue weighted by atomic mass is 32.2. The molecule has 256 valence electrons. The Hall–Kier alpha value is -1.97. The van der Waals surface area contributed by atoms with Crippen LogP contribution in [0.1, 0.15) is 123 Å². The molecule has 0 radical (unpaired) electrons. The van der Waals surface area contributed by atoms with Gasteiger partial charge in [0.25, 0.3) is 0 Å². The lowest BCUT2D eigenvalue weighted by Gasteiger charge is -2.36. The molecule has 45 heavy (non-hydrogen) atoms. The zero-order valence-corrected chi connectivity index (χ0v) is 29.0. The number of aliphatic hydroxyl groups is 2. The number of hydrogen-bond donors (Lipinski definition) is 4. The summed E-state index contributed by atoms with van der Waals surface area (Å²) in [5, 5.41) is 28.7. The summed E-state index contributed by atoms with van der Waals surface area (Å²) in [7, 11) is -3.62. The normalized spacial score (nSPS) is 20.5. The Morgan fingerprint density at radius 1 is 0.889 bits per heavy atom. The lowest BCUT2D eigenvalue weighted by Crippen LogP contribution is -2.57. The molecule has 0 bridgehead atoms. The first-order valence-electron chi connectivity index (χ1n) is 17.6. The van der Waals surface area contributed by atoms with E-state index in [-0.39, 0.29) is 24.0 Å². The molecule has 3 rings (SSSR count). The largest absolute Gasteiger partial charge is 0.390 e. The van der Waals surface area contributed by atoms with Crippen molar-refractivity contribution in [2.45, 2.75) is 153 Å². The highest BCUT2D eigenvalue weighted by Gasteiger charge is 2.38. The van der Waals surface area contributed by atoms with Crippen molar-refractivity contribution < 1.29 is 28.2 Å². The first kappa shape index (κ1) is 37.5. The van der Waals surface area contributed by atoms with Crippen molar-refractivity contribution in [2.24, 2.45) is 17.8 Å². The minimum atomic E-state index is -3.62. The van der Waals surface area contributed by atoms with E-state index < -0.39 is 50.7 Å². The van der Waals surface area contributed by atoms with E-state index in [0.29, 0.717) is 25.2 Å². The molecule has 9 heteroatoms. The molecule has 4 N–H and O–H groups in total. The first-order chi connectivity index (χ1) is 21.3. The lowest BCUT2D eigenvalue weighted by atomic mass is 9.78. The maximum Gasteiger partial charge on any atom is 0.242 e. The van der Waals surface area contributed by atoms with Crippen molar-refractivity contribution in [3.05, 3.63) is 35.9 Å². The molecule has 0 saturated heterocycles. The molecule has 0 aromatic heterocycles. The monoisotopic (exact) mass is 648 g/mol. The van der Waals surface area contributed by atoms with Crippen LogP contribution in [0.2, 0.25) is 0 Å². The van der Waals surface area contributed by atoms with Crippen LogP contribution in [0.5, 0.6) is 0 Å². The van der Waals surface area contributed by atoms with E-state index in [1.54, 1.807) is 20.8 Å². The molecule has 1 aromatic carbocycles. The fourth-order valence-corrected chi connectivity index (χ4v) is 8.25. The van der Waals surface area contributed by atoms with Gasteiger partial charge < -0.3 is 20.8 Å². The van der Waals surface area contributed by atoms with E-state index in [1.807, 2.05) is 37.3 Å². The van der Waals surface area contributed by atoms with Gasteiger partial charge in [-0.1, -0.05) is 101 Å². The Labute approximate surface area is 272 Å². The molecule has 5 atom stereocenters. The zero-order valence-electron chi connectivity index (χ0n) is 28.2. The smallest absolute Gasteiger partial charge is 0.242 e. The predicted octanol–water partition coefficient (Wildman–Crippen LogP) is 5.49. The second kappa shape index (κ2) is 17.8. The number of benzene rings is 1. The zero-order chi connectivity index (χ0) is 33.0. The first-order valence-corrected chi connectivity index (χ1v) is 19.2. The number of rotatable bonds is 16. The Morgan fingerprint density at radius 2 is 1.49 bits per heavy atom. The van der Waals surface area contributed by atoms with Gasteiger partial charge in [0.05, 0.1) is 28.6 Å². The van der Waals surface area contributed by atoms with Crippen LogP contribution >= 0.6 is 0 Å². The maximum absolute atomic E-state index is 13.9. The molecule has 2 aliphatic rings. The highest BCUT2D eigenvalue weighted by molar-refractivity contribution is 7.92. The standard InChI is InChI=1S/C36H60N2O6S/c1-5-6-22-30(37-34(41)29(23-26-16-10-7-11-17-26)25-45(43,44)36(2,3)4)35(42)38-31(24-27-18-12-8-13-19-27)33(40)32(39)28-20-14-9-15-21-28/h7,10-11,16-17,27-33,39-40H,5-6,8-9,12-15,18-25H2,1-4H3,(H,37,41)(H,38,42)/t29-,30+,31+,32+,33-/m1/s1. The average molecular weight is 649 g/mol. The van der Waals surface area contributed by atoms with Gasteiger partial charge in [-0.2, -0.15) is 0 Å². The number of amides is 2. The molecule has 2 fully saturated rings. The highest BCUT2D eigenvalue weighted by Crippen LogP contribution is 2.32. The Kier molecular flexibility index (Phi) is 14.8. The molecule has 0 unspecified atom stereocenters. The summed E-state index contributed by atoms with van der Waals surface area (Å²) in [4.78, 5) is 27.8. The van der Waals surface area contributed by atoms with Crippen LogP contribution in [0.3, 0.4) is 0 Å². The van der Waals surface area contributed by atoms with Gasteiger partial charge in [-0.3, -0.25) is 9.59 Å². The van der Waals surface area contributed by atoms with Crippen LogP contribution in [-0.2, 0) is 25.8 Å². The third-order valence-corrected chi connectivity index (χ3v) is 12.8. The molecule has 8 nitrogen and oxygen atoms in total. The minimum Gasteiger partial charge on any atom is -0.390 e. The molecule has 2 amide bonds. The summed E-state index contributed by atoms with van der Waals surface area (Å²) in [5.41, 5.74) is 0.851. The number of hydrogen-bond acceptors (Lipinski definition) is 6. The lowest BCUT2D eigenvalue weighted by molar-refractivity contribution is -0.132. The van der Waals surface area contributed by atoms with Crippen molar-refractivity contribution in [1.29, 1.82) is 0 Å². The summed E-state index contributed by atoms with van der Waals surface area (Å²) >= 11 is 0. The van der Waals surface area contributed by atoms with Crippen LogP contribution in [0, 0.1) is 17.8 Å². The van der Waals surface area contributed by atoms with Gasteiger partial charge in [0.2, 0.25) is 11.8 Å². The number of nitrogens with one attached hydrogen (secondary N) is 2. The van der Waals surface area contributed by atoms with Crippen molar-refractivity contribution in [1.82, 2.24) is 10.6 Å². The Balaban J connectivity index is 1.81. The number of sulfone groups is 1. The van der Waals surface area contributed by atoms with Gasteiger partial charge in [0.1, 0.15) is 12.1 Å².